The van der Waals surface area contributed by atoms with Crippen LogP contribution >= 0.6 is 0 Å². The molecule has 0 spiro atoms. The van der Waals surface area contributed by atoms with E-state index in [9.17, 15) is 14.4 Å². The molecule has 0 saturated heterocycles. The van der Waals surface area contributed by atoms with E-state index in [2.05, 4.69) is 34.6 Å². The standard InChI is InChI=1S/C49H94O6/c1-6-7-8-9-10-11-12-13-14-15-18-24-29-34-39-47(50)53-42-46(43-54-48(51)40-35-30-25-21-20-23-28-33-38-45(4)5)55-49(52)41-36-31-26-19-16-17-22-27-32-37-44(2)3/h44-46H,6-43H2,1-5H3/t46-/m1/s1. The van der Waals surface area contributed by atoms with E-state index in [1.54, 1.807) is 0 Å². The van der Waals surface area contributed by atoms with Crippen LogP contribution < -0.4 is 0 Å². The van der Waals surface area contributed by atoms with E-state index >= 15 is 0 Å². The second-order valence-corrected chi connectivity index (χ2v) is 17.7. The summed E-state index contributed by atoms with van der Waals surface area (Å²) in [4.78, 5) is 37.8. The van der Waals surface area contributed by atoms with Gasteiger partial charge in [0, 0.05) is 19.3 Å². The Balaban J connectivity index is 4.32. The Kier molecular flexibility index (Phi) is 40.8. The molecule has 55 heavy (non-hydrogen) atoms. The molecule has 0 unspecified atom stereocenters. The molecule has 0 saturated carbocycles. The van der Waals surface area contributed by atoms with Crippen LogP contribution in [0.4, 0.5) is 0 Å². The summed E-state index contributed by atoms with van der Waals surface area (Å²) < 4.78 is 16.8. The van der Waals surface area contributed by atoms with Gasteiger partial charge in [0.25, 0.3) is 0 Å². The number of unbranched alkanes of at least 4 members (excludes halogenated alkanes) is 28. The molecule has 0 amide bonds. The predicted octanol–water partition coefficient (Wildman–Crippen LogP) is 15.4. The Morgan fingerprint density at radius 1 is 0.345 bits per heavy atom. The number of ether oxygens (including phenoxy) is 3. The zero-order chi connectivity index (χ0) is 40.5. The molecule has 0 aliphatic rings. The molecule has 0 aliphatic heterocycles. The van der Waals surface area contributed by atoms with Crippen LogP contribution in [0.5, 0.6) is 0 Å². The maximum atomic E-state index is 12.7. The molecule has 1 atom stereocenters. The first-order chi connectivity index (χ1) is 26.7. The van der Waals surface area contributed by atoms with Gasteiger partial charge in [-0.3, -0.25) is 14.4 Å². The minimum atomic E-state index is -0.761. The molecule has 0 fully saturated rings. The first-order valence-electron chi connectivity index (χ1n) is 24.2. The van der Waals surface area contributed by atoms with E-state index in [-0.39, 0.29) is 31.1 Å². The third kappa shape index (κ3) is 43.4. The highest BCUT2D eigenvalue weighted by Gasteiger charge is 2.19. The molecule has 0 aromatic heterocycles. The molecule has 326 valence electrons. The van der Waals surface area contributed by atoms with E-state index in [1.807, 2.05) is 0 Å². The normalized spacial score (nSPS) is 12.1. The smallest absolute Gasteiger partial charge is 0.306 e. The van der Waals surface area contributed by atoms with E-state index in [0.29, 0.717) is 19.3 Å². The molecule has 6 nitrogen and oxygen atoms in total. The highest BCUT2D eigenvalue weighted by atomic mass is 16.6. The van der Waals surface area contributed by atoms with Gasteiger partial charge in [0.2, 0.25) is 0 Å². The summed E-state index contributed by atoms with van der Waals surface area (Å²) in [6.45, 7) is 11.3. The first-order valence-corrected chi connectivity index (χ1v) is 24.2. The highest BCUT2D eigenvalue weighted by Crippen LogP contribution is 2.17. The minimum Gasteiger partial charge on any atom is -0.462 e. The van der Waals surface area contributed by atoms with Crippen LogP contribution in [0.1, 0.15) is 266 Å². The summed E-state index contributed by atoms with van der Waals surface area (Å²) in [5.74, 6) is 0.747. The lowest BCUT2D eigenvalue weighted by molar-refractivity contribution is -0.167. The Bertz CT molecular complexity index is 839. The molecule has 0 aliphatic carbocycles. The van der Waals surface area contributed by atoms with Crippen molar-refractivity contribution in [3.63, 3.8) is 0 Å². The number of rotatable bonds is 43. The van der Waals surface area contributed by atoms with Crippen LogP contribution in [0.3, 0.4) is 0 Å². The van der Waals surface area contributed by atoms with Crippen molar-refractivity contribution in [2.45, 2.75) is 272 Å². The molecule has 0 radical (unpaired) electrons. The quantitative estimate of drug-likeness (QED) is 0.0348. The van der Waals surface area contributed by atoms with E-state index in [1.165, 1.54) is 154 Å². The second-order valence-electron chi connectivity index (χ2n) is 17.7. The van der Waals surface area contributed by atoms with Gasteiger partial charge in [-0.1, -0.05) is 227 Å². The van der Waals surface area contributed by atoms with Gasteiger partial charge in [-0.05, 0) is 31.1 Å². The van der Waals surface area contributed by atoms with Crippen molar-refractivity contribution in [2.75, 3.05) is 13.2 Å². The van der Waals surface area contributed by atoms with Gasteiger partial charge in [0.15, 0.2) is 6.10 Å². The summed E-state index contributed by atoms with van der Waals surface area (Å²) in [6.07, 6.45) is 40.9. The van der Waals surface area contributed by atoms with Crippen molar-refractivity contribution in [3.05, 3.63) is 0 Å². The van der Waals surface area contributed by atoms with Gasteiger partial charge >= 0.3 is 17.9 Å². The molecule has 0 N–H and O–H groups in total. The average molecular weight is 779 g/mol. The van der Waals surface area contributed by atoms with Crippen LogP contribution in [0.15, 0.2) is 0 Å². The Morgan fingerprint density at radius 3 is 0.891 bits per heavy atom. The Morgan fingerprint density at radius 2 is 0.600 bits per heavy atom. The molecule has 0 aromatic rings. The second kappa shape index (κ2) is 42.0. The van der Waals surface area contributed by atoms with Crippen LogP contribution in [0.2, 0.25) is 0 Å². The van der Waals surface area contributed by atoms with Crippen LogP contribution in [-0.4, -0.2) is 37.2 Å². The monoisotopic (exact) mass is 779 g/mol. The number of carbonyl (C=O) groups is 3. The fourth-order valence-corrected chi connectivity index (χ4v) is 7.28. The molecule has 0 bridgehead atoms. The summed E-state index contributed by atoms with van der Waals surface area (Å²) in [7, 11) is 0. The van der Waals surface area contributed by atoms with Crippen molar-refractivity contribution >= 4 is 17.9 Å². The van der Waals surface area contributed by atoms with Crippen molar-refractivity contribution in [1.29, 1.82) is 0 Å². The molecule has 0 rings (SSSR count). The number of esters is 3. The van der Waals surface area contributed by atoms with Crippen LogP contribution in [0.25, 0.3) is 0 Å². The lowest BCUT2D eigenvalue weighted by Crippen LogP contribution is -2.30. The zero-order valence-electron chi connectivity index (χ0n) is 37.6. The van der Waals surface area contributed by atoms with E-state index in [0.717, 1.165) is 69.6 Å². The molecular weight excluding hydrogens is 685 g/mol. The summed E-state index contributed by atoms with van der Waals surface area (Å²) in [6, 6.07) is 0. The molecule has 0 heterocycles. The van der Waals surface area contributed by atoms with Gasteiger partial charge in [-0.25, -0.2) is 0 Å². The maximum absolute atomic E-state index is 12.7. The average Bonchev–Trinajstić information content (AvgIpc) is 3.15. The summed E-state index contributed by atoms with van der Waals surface area (Å²) >= 11 is 0. The fourth-order valence-electron chi connectivity index (χ4n) is 7.28. The topological polar surface area (TPSA) is 78.9 Å². The number of hydrogen-bond donors (Lipinski definition) is 0. The third-order valence-corrected chi connectivity index (χ3v) is 11.0. The van der Waals surface area contributed by atoms with Crippen molar-refractivity contribution < 1.29 is 28.6 Å². The van der Waals surface area contributed by atoms with Crippen LogP contribution in [-0.2, 0) is 28.6 Å². The van der Waals surface area contributed by atoms with Gasteiger partial charge in [0.05, 0.1) is 0 Å². The zero-order valence-corrected chi connectivity index (χ0v) is 37.6. The minimum absolute atomic E-state index is 0.0647. The van der Waals surface area contributed by atoms with E-state index < -0.39 is 6.10 Å². The number of hydrogen-bond acceptors (Lipinski definition) is 6. The lowest BCUT2D eigenvalue weighted by atomic mass is 10.0. The Hall–Kier alpha value is -1.59. The van der Waals surface area contributed by atoms with Gasteiger partial charge in [0.1, 0.15) is 13.2 Å². The van der Waals surface area contributed by atoms with Crippen molar-refractivity contribution in [1.82, 2.24) is 0 Å². The van der Waals surface area contributed by atoms with Crippen molar-refractivity contribution in [2.24, 2.45) is 11.8 Å². The number of carbonyl (C=O) groups excluding carboxylic acids is 3. The van der Waals surface area contributed by atoms with E-state index in [4.69, 9.17) is 14.2 Å². The van der Waals surface area contributed by atoms with Gasteiger partial charge < -0.3 is 14.2 Å². The van der Waals surface area contributed by atoms with Crippen molar-refractivity contribution in [3.8, 4) is 0 Å². The fraction of sp³-hybridized carbons (Fsp3) is 0.939. The molecule has 0 aromatic carbocycles. The van der Waals surface area contributed by atoms with Crippen LogP contribution in [0, 0.1) is 11.8 Å². The highest BCUT2D eigenvalue weighted by molar-refractivity contribution is 5.71. The SMILES string of the molecule is CCCCCCCCCCCCCCCCC(=O)OC[C@H](COC(=O)CCCCCCCCCCC(C)C)OC(=O)CCCCCCCCCCCC(C)C. The van der Waals surface area contributed by atoms with Gasteiger partial charge in [-0.15, -0.1) is 0 Å². The Labute approximate surface area is 342 Å². The molecule has 6 heteroatoms. The summed E-state index contributed by atoms with van der Waals surface area (Å²) in [5, 5.41) is 0. The maximum Gasteiger partial charge on any atom is 0.306 e. The molecular formula is C49H94O6. The first kappa shape index (κ1) is 53.4. The lowest BCUT2D eigenvalue weighted by Gasteiger charge is -2.18. The third-order valence-electron chi connectivity index (χ3n) is 11.0. The van der Waals surface area contributed by atoms with Gasteiger partial charge in [-0.2, -0.15) is 0 Å². The summed E-state index contributed by atoms with van der Waals surface area (Å²) in [5.41, 5.74) is 0. The predicted molar refractivity (Wildman–Crippen MR) is 233 cm³/mol. The largest absolute Gasteiger partial charge is 0.462 e.